The summed E-state index contributed by atoms with van der Waals surface area (Å²) in [7, 11) is 0. The van der Waals surface area contributed by atoms with E-state index in [1.54, 1.807) is 18.3 Å². The summed E-state index contributed by atoms with van der Waals surface area (Å²) >= 11 is 0. The average molecular weight is 194 g/mol. The van der Waals surface area contributed by atoms with Gasteiger partial charge in [0.15, 0.2) is 0 Å². The highest BCUT2D eigenvalue weighted by Crippen LogP contribution is 2.16. The van der Waals surface area contributed by atoms with Crippen molar-refractivity contribution in [3.05, 3.63) is 23.9 Å². The van der Waals surface area contributed by atoms with E-state index < -0.39 is 6.10 Å². The molecule has 0 aliphatic carbocycles. The predicted molar refractivity (Wildman–Crippen MR) is 53.8 cm³/mol. The minimum Gasteiger partial charge on any atom is -0.388 e. The fraction of sp³-hybridized carbons (Fsp3) is 0.400. The van der Waals surface area contributed by atoms with Crippen LogP contribution in [-0.4, -0.2) is 16.0 Å². The molecule has 0 radical (unpaired) electrons. The highest BCUT2D eigenvalue weighted by atomic mass is 16.3. The number of anilines is 1. The number of aliphatic hydroxyl groups excluding tert-OH is 1. The molecule has 0 unspecified atom stereocenters. The Kier molecular flexibility index (Phi) is 3.59. The third-order valence-electron chi connectivity index (χ3n) is 1.86. The van der Waals surface area contributed by atoms with Gasteiger partial charge >= 0.3 is 0 Å². The lowest BCUT2D eigenvalue weighted by atomic mass is 10.1. The maximum atomic E-state index is 10.7. The van der Waals surface area contributed by atoms with Gasteiger partial charge in [-0.05, 0) is 18.1 Å². The SMILES string of the molecule is CC[C@H](O)c1ccc(NC(C)=O)nc1. The molecular formula is C10H14N2O2. The summed E-state index contributed by atoms with van der Waals surface area (Å²) < 4.78 is 0. The van der Waals surface area contributed by atoms with Crippen LogP contribution in [0.4, 0.5) is 5.82 Å². The molecule has 0 bridgehead atoms. The van der Waals surface area contributed by atoms with Crippen molar-refractivity contribution in [1.82, 2.24) is 4.98 Å². The Morgan fingerprint density at radius 1 is 1.64 bits per heavy atom. The van der Waals surface area contributed by atoms with E-state index in [2.05, 4.69) is 10.3 Å². The number of nitrogens with one attached hydrogen (secondary N) is 1. The zero-order valence-electron chi connectivity index (χ0n) is 8.32. The summed E-state index contributed by atoms with van der Waals surface area (Å²) in [6.45, 7) is 3.32. The minimum atomic E-state index is -0.478. The second-order valence-electron chi connectivity index (χ2n) is 3.08. The number of nitrogens with zero attached hydrogens (tertiary/aromatic N) is 1. The molecular weight excluding hydrogens is 180 g/mol. The van der Waals surface area contributed by atoms with Gasteiger partial charge in [0.05, 0.1) is 6.10 Å². The number of carbonyl (C=O) groups is 1. The third-order valence-corrected chi connectivity index (χ3v) is 1.86. The Balaban J connectivity index is 2.73. The van der Waals surface area contributed by atoms with Gasteiger partial charge in [0.25, 0.3) is 0 Å². The van der Waals surface area contributed by atoms with Gasteiger partial charge in [-0.3, -0.25) is 4.79 Å². The largest absolute Gasteiger partial charge is 0.388 e. The number of hydrogen-bond acceptors (Lipinski definition) is 3. The standard InChI is InChI=1S/C10H14N2O2/c1-3-9(14)8-4-5-10(11-6-8)12-7(2)13/h4-6,9,14H,3H2,1-2H3,(H,11,12,13)/t9-/m0/s1. The van der Waals surface area contributed by atoms with E-state index in [9.17, 15) is 9.90 Å². The lowest BCUT2D eigenvalue weighted by molar-refractivity contribution is -0.114. The molecule has 1 heterocycles. The van der Waals surface area contributed by atoms with Crippen LogP contribution >= 0.6 is 0 Å². The Hall–Kier alpha value is -1.42. The normalized spacial score (nSPS) is 12.2. The summed E-state index contributed by atoms with van der Waals surface area (Å²) in [4.78, 5) is 14.7. The second-order valence-corrected chi connectivity index (χ2v) is 3.08. The lowest BCUT2D eigenvalue weighted by Crippen LogP contribution is -2.07. The van der Waals surface area contributed by atoms with Gasteiger partial charge in [-0.1, -0.05) is 13.0 Å². The first kappa shape index (κ1) is 10.7. The van der Waals surface area contributed by atoms with Crippen LogP contribution < -0.4 is 5.32 Å². The van der Waals surface area contributed by atoms with E-state index in [1.807, 2.05) is 6.92 Å². The number of aromatic nitrogens is 1. The quantitative estimate of drug-likeness (QED) is 0.766. The van der Waals surface area contributed by atoms with Crippen LogP contribution in [0.25, 0.3) is 0 Å². The highest BCUT2D eigenvalue weighted by Gasteiger charge is 2.04. The zero-order chi connectivity index (χ0) is 10.6. The number of hydrogen-bond donors (Lipinski definition) is 2. The van der Waals surface area contributed by atoms with Crippen molar-refractivity contribution in [3.63, 3.8) is 0 Å². The van der Waals surface area contributed by atoms with Gasteiger partial charge in [0.2, 0.25) is 5.91 Å². The van der Waals surface area contributed by atoms with Gasteiger partial charge in [-0.2, -0.15) is 0 Å². The minimum absolute atomic E-state index is 0.152. The van der Waals surface area contributed by atoms with E-state index >= 15 is 0 Å². The number of pyridine rings is 1. The first-order valence-corrected chi connectivity index (χ1v) is 4.55. The Morgan fingerprint density at radius 3 is 2.79 bits per heavy atom. The molecule has 4 heteroatoms. The maximum absolute atomic E-state index is 10.7. The number of amides is 1. The highest BCUT2D eigenvalue weighted by molar-refractivity contribution is 5.87. The molecule has 0 aliphatic rings. The lowest BCUT2D eigenvalue weighted by Gasteiger charge is -2.08. The van der Waals surface area contributed by atoms with Crippen molar-refractivity contribution >= 4 is 11.7 Å². The van der Waals surface area contributed by atoms with Gasteiger partial charge in [-0.25, -0.2) is 4.98 Å². The van der Waals surface area contributed by atoms with E-state index in [0.717, 1.165) is 5.56 Å². The van der Waals surface area contributed by atoms with Crippen molar-refractivity contribution in [1.29, 1.82) is 0 Å². The molecule has 1 amide bonds. The summed E-state index contributed by atoms with van der Waals surface area (Å²) in [5.74, 6) is 0.353. The van der Waals surface area contributed by atoms with Crippen LogP contribution in [-0.2, 0) is 4.79 Å². The maximum Gasteiger partial charge on any atom is 0.222 e. The van der Waals surface area contributed by atoms with Crippen molar-refractivity contribution in [2.45, 2.75) is 26.4 Å². The zero-order valence-corrected chi connectivity index (χ0v) is 8.32. The number of aliphatic hydroxyl groups is 1. The topological polar surface area (TPSA) is 62.2 Å². The first-order chi connectivity index (χ1) is 6.63. The second kappa shape index (κ2) is 4.72. The van der Waals surface area contributed by atoms with Crippen LogP contribution in [0.3, 0.4) is 0 Å². The van der Waals surface area contributed by atoms with E-state index in [4.69, 9.17) is 0 Å². The molecule has 14 heavy (non-hydrogen) atoms. The van der Waals surface area contributed by atoms with Crippen molar-refractivity contribution in [2.24, 2.45) is 0 Å². The summed E-state index contributed by atoms with van der Waals surface area (Å²) in [5, 5.41) is 12.0. The fourth-order valence-electron chi connectivity index (χ4n) is 1.09. The van der Waals surface area contributed by atoms with E-state index in [-0.39, 0.29) is 5.91 Å². The molecule has 1 aromatic heterocycles. The molecule has 4 nitrogen and oxygen atoms in total. The van der Waals surface area contributed by atoms with Crippen molar-refractivity contribution < 1.29 is 9.90 Å². The molecule has 1 rings (SSSR count). The Bertz CT molecular complexity index is 308. The van der Waals surface area contributed by atoms with Crippen LogP contribution in [0.1, 0.15) is 31.9 Å². The number of rotatable bonds is 3. The average Bonchev–Trinajstić information content (AvgIpc) is 2.17. The smallest absolute Gasteiger partial charge is 0.222 e. The number of carbonyl (C=O) groups excluding carboxylic acids is 1. The molecule has 0 aromatic carbocycles. The van der Waals surface area contributed by atoms with Crippen LogP contribution in [0.5, 0.6) is 0 Å². The molecule has 0 saturated carbocycles. The summed E-state index contributed by atoms with van der Waals surface area (Å²) in [5.41, 5.74) is 0.765. The Labute approximate surface area is 83.0 Å². The molecule has 1 aromatic rings. The Morgan fingerprint density at radius 2 is 2.36 bits per heavy atom. The van der Waals surface area contributed by atoms with Gasteiger partial charge < -0.3 is 10.4 Å². The van der Waals surface area contributed by atoms with Gasteiger partial charge in [0, 0.05) is 13.1 Å². The first-order valence-electron chi connectivity index (χ1n) is 4.55. The predicted octanol–water partition coefficient (Wildman–Crippen LogP) is 1.48. The molecule has 0 aliphatic heterocycles. The van der Waals surface area contributed by atoms with Crippen molar-refractivity contribution in [3.8, 4) is 0 Å². The molecule has 0 fully saturated rings. The van der Waals surface area contributed by atoms with Crippen molar-refractivity contribution in [2.75, 3.05) is 5.32 Å². The molecule has 1 atom stereocenters. The monoisotopic (exact) mass is 194 g/mol. The molecule has 0 spiro atoms. The summed E-state index contributed by atoms with van der Waals surface area (Å²) in [6, 6.07) is 3.43. The fourth-order valence-corrected chi connectivity index (χ4v) is 1.09. The van der Waals surface area contributed by atoms with Crippen LogP contribution in [0.15, 0.2) is 18.3 Å². The molecule has 76 valence electrons. The molecule has 2 N–H and O–H groups in total. The van der Waals surface area contributed by atoms with Gasteiger partial charge in [-0.15, -0.1) is 0 Å². The third kappa shape index (κ3) is 2.81. The summed E-state index contributed by atoms with van der Waals surface area (Å²) in [6.07, 6.45) is 1.74. The molecule has 0 saturated heterocycles. The van der Waals surface area contributed by atoms with E-state index in [0.29, 0.717) is 12.2 Å². The van der Waals surface area contributed by atoms with Crippen LogP contribution in [0.2, 0.25) is 0 Å². The van der Waals surface area contributed by atoms with E-state index in [1.165, 1.54) is 6.92 Å². The van der Waals surface area contributed by atoms with Crippen LogP contribution in [0, 0.1) is 0 Å². The van der Waals surface area contributed by atoms with Gasteiger partial charge in [0.1, 0.15) is 5.82 Å².